The van der Waals surface area contributed by atoms with Crippen LogP contribution >= 0.6 is 0 Å². The van der Waals surface area contributed by atoms with Crippen LogP contribution in [0.3, 0.4) is 0 Å². The van der Waals surface area contributed by atoms with Crippen molar-refractivity contribution in [1.82, 2.24) is 9.88 Å². The van der Waals surface area contributed by atoms with Crippen molar-refractivity contribution in [2.24, 2.45) is 5.92 Å². The Morgan fingerprint density at radius 1 is 1.33 bits per heavy atom. The fourth-order valence-corrected chi connectivity index (χ4v) is 3.84. The highest BCUT2D eigenvalue weighted by Crippen LogP contribution is 2.33. The van der Waals surface area contributed by atoms with Gasteiger partial charge in [0.1, 0.15) is 0 Å². The molecule has 1 N–H and O–H groups in total. The molecule has 0 aliphatic carbocycles. The largest absolute Gasteiger partial charge is 0.358 e. The first-order valence-electron chi connectivity index (χ1n) is 7.77. The Hall–Kier alpha value is -2.03. The van der Waals surface area contributed by atoms with E-state index in [2.05, 4.69) is 36.2 Å². The normalized spacial score (nSPS) is 24.0. The van der Waals surface area contributed by atoms with Gasteiger partial charge in [-0.25, -0.2) is 0 Å². The maximum Gasteiger partial charge on any atom is 0.227 e. The monoisotopic (exact) mass is 280 g/mol. The molecular formula is C18H20N2O. The number of amides is 1. The number of nitrogens with one attached hydrogen (secondary N) is 1. The molecule has 3 heteroatoms. The second-order valence-electron chi connectivity index (χ2n) is 6.17. The van der Waals surface area contributed by atoms with Crippen LogP contribution < -0.4 is 0 Å². The number of aromatic nitrogens is 1. The summed E-state index contributed by atoms with van der Waals surface area (Å²) in [5.41, 5.74) is 5.05. The molecule has 3 nitrogen and oxygen atoms in total. The van der Waals surface area contributed by atoms with Crippen LogP contribution in [-0.4, -0.2) is 28.9 Å². The highest BCUT2D eigenvalue weighted by atomic mass is 16.2. The van der Waals surface area contributed by atoms with Gasteiger partial charge in [-0.15, -0.1) is 0 Å². The minimum absolute atomic E-state index is 0.265. The topological polar surface area (TPSA) is 36.1 Å². The summed E-state index contributed by atoms with van der Waals surface area (Å²) in [5.74, 6) is 0.838. The van der Waals surface area contributed by atoms with Gasteiger partial charge in [-0.3, -0.25) is 4.79 Å². The standard InChI is InChI=1S/C18H20N2O/c1-2-12-11-20-8-7-13(12)9-17-15(10-18(20)21)14-5-3-4-6-16(14)19-17/h2-6,13,19H,7-11H2,1H3/b12-2+/t13-/m1/s1. The molecule has 5 rings (SSSR count). The summed E-state index contributed by atoms with van der Waals surface area (Å²) in [5, 5.41) is 1.21. The highest BCUT2D eigenvalue weighted by Gasteiger charge is 2.31. The number of aromatic amines is 1. The summed E-state index contributed by atoms with van der Waals surface area (Å²) >= 11 is 0. The zero-order valence-electron chi connectivity index (χ0n) is 12.4. The van der Waals surface area contributed by atoms with Crippen LogP contribution in [0.2, 0.25) is 0 Å². The van der Waals surface area contributed by atoms with E-state index in [1.54, 1.807) is 0 Å². The van der Waals surface area contributed by atoms with Gasteiger partial charge in [-0.2, -0.15) is 0 Å². The third kappa shape index (κ3) is 1.99. The predicted molar refractivity (Wildman–Crippen MR) is 84.2 cm³/mol. The van der Waals surface area contributed by atoms with Gasteiger partial charge >= 0.3 is 0 Å². The number of carbonyl (C=O) groups excluding carboxylic acids is 1. The summed E-state index contributed by atoms with van der Waals surface area (Å²) in [6.07, 6.45) is 4.85. The lowest BCUT2D eigenvalue weighted by Gasteiger charge is -2.33. The highest BCUT2D eigenvalue weighted by molar-refractivity contribution is 5.90. The third-order valence-corrected chi connectivity index (χ3v) is 5.05. The Morgan fingerprint density at radius 2 is 2.19 bits per heavy atom. The van der Waals surface area contributed by atoms with Crippen LogP contribution in [0.1, 0.15) is 24.6 Å². The van der Waals surface area contributed by atoms with Crippen molar-refractivity contribution in [3.05, 3.63) is 47.2 Å². The number of nitrogens with zero attached hydrogens (tertiary/aromatic N) is 1. The average molecular weight is 280 g/mol. The molecule has 1 amide bonds. The lowest BCUT2D eigenvalue weighted by atomic mass is 9.87. The van der Waals surface area contributed by atoms with Crippen LogP contribution in [0.4, 0.5) is 0 Å². The Kier molecular flexibility index (Phi) is 2.88. The molecular weight excluding hydrogens is 260 g/mol. The molecule has 0 unspecified atom stereocenters. The van der Waals surface area contributed by atoms with Crippen molar-refractivity contribution in [1.29, 1.82) is 0 Å². The Morgan fingerprint density at radius 3 is 3.05 bits per heavy atom. The number of hydrogen-bond donors (Lipinski definition) is 1. The molecule has 1 aromatic carbocycles. The van der Waals surface area contributed by atoms with Crippen molar-refractivity contribution in [3.63, 3.8) is 0 Å². The number of allylic oxidation sites excluding steroid dienone is 1. The van der Waals surface area contributed by atoms with Crippen molar-refractivity contribution in [3.8, 4) is 0 Å². The number of H-pyrrole nitrogens is 1. The zero-order chi connectivity index (χ0) is 14.4. The number of hydrogen-bond acceptors (Lipinski definition) is 1. The Bertz CT molecular complexity index is 741. The van der Waals surface area contributed by atoms with Gasteiger partial charge in [-0.1, -0.05) is 29.8 Å². The van der Waals surface area contributed by atoms with E-state index < -0.39 is 0 Å². The summed E-state index contributed by atoms with van der Waals surface area (Å²) in [6, 6.07) is 8.34. The first kappa shape index (κ1) is 12.7. The van der Waals surface area contributed by atoms with E-state index in [9.17, 15) is 4.79 Å². The number of carbonyl (C=O) groups is 1. The molecule has 3 aliphatic rings. The van der Waals surface area contributed by atoms with Crippen LogP contribution in [-0.2, 0) is 17.6 Å². The minimum atomic E-state index is 0.265. The van der Waals surface area contributed by atoms with Gasteiger partial charge in [0.05, 0.1) is 6.42 Å². The van der Waals surface area contributed by atoms with Gasteiger partial charge in [-0.05, 0) is 37.3 Å². The summed E-state index contributed by atoms with van der Waals surface area (Å²) < 4.78 is 0. The zero-order valence-corrected chi connectivity index (χ0v) is 12.4. The molecule has 0 spiro atoms. The van der Waals surface area contributed by atoms with E-state index in [4.69, 9.17) is 0 Å². The molecule has 3 aliphatic heterocycles. The van der Waals surface area contributed by atoms with Crippen LogP contribution in [0.5, 0.6) is 0 Å². The molecule has 1 atom stereocenters. The van der Waals surface area contributed by atoms with Gasteiger partial charge < -0.3 is 9.88 Å². The van der Waals surface area contributed by atoms with E-state index in [1.807, 2.05) is 11.0 Å². The number of para-hydroxylation sites is 1. The summed E-state index contributed by atoms with van der Waals surface area (Å²) in [4.78, 5) is 18.2. The maximum absolute atomic E-state index is 12.6. The van der Waals surface area contributed by atoms with Gasteiger partial charge in [0, 0.05) is 29.7 Å². The number of benzene rings is 1. The van der Waals surface area contributed by atoms with E-state index in [1.165, 1.54) is 22.2 Å². The average Bonchev–Trinajstić information content (AvgIpc) is 2.88. The van der Waals surface area contributed by atoms with Gasteiger partial charge in [0.2, 0.25) is 5.91 Å². The molecule has 1 fully saturated rings. The van der Waals surface area contributed by atoms with Crippen molar-refractivity contribution in [2.75, 3.05) is 13.1 Å². The maximum atomic E-state index is 12.6. The fourth-order valence-electron chi connectivity index (χ4n) is 3.84. The summed E-state index contributed by atoms with van der Waals surface area (Å²) in [6.45, 7) is 3.82. The minimum Gasteiger partial charge on any atom is -0.358 e. The fraction of sp³-hybridized carbons (Fsp3) is 0.389. The first-order valence-corrected chi connectivity index (χ1v) is 7.77. The lowest BCUT2D eigenvalue weighted by Crippen LogP contribution is -2.40. The van der Waals surface area contributed by atoms with Crippen LogP contribution in [0.25, 0.3) is 10.9 Å². The van der Waals surface area contributed by atoms with Gasteiger partial charge in [0.25, 0.3) is 0 Å². The SMILES string of the molecule is C/C=C1\CN2CC[C@@H]1Cc1[nH]c3ccccc3c1CC2=O. The van der Waals surface area contributed by atoms with E-state index in [0.717, 1.165) is 31.4 Å². The lowest BCUT2D eigenvalue weighted by molar-refractivity contribution is -0.130. The molecule has 0 saturated carbocycles. The molecule has 1 saturated heterocycles. The molecule has 2 bridgehead atoms. The quantitative estimate of drug-likeness (QED) is 0.740. The predicted octanol–water partition coefficient (Wildman–Crippen LogP) is 3.06. The molecule has 1 aromatic heterocycles. The van der Waals surface area contributed by atoms with Crippen molar-refractivity contribution >= 4 is 16.8 Å². The molecule has 0 radical (unpaired) electrons. The second-order valence-corrected chi connectivity index (χ2v) is 6.17. The van der Waals surface area contributed by atoms with Crippen LogP contribution in [0.15, 0.2) is 35.9 Å². The number of rotatable bonds is 0. The van der Waals surface area contributed by atoms with Crippen LogP contribution in [0, 0.1) is 5.92 Å². The van der Waals surface area contributed by atoms with E-state index in [0.29, 0.717) is 12.3 Å². The van der Waals surface area contributed by atoms with Gasteiger partial charge in [0.15, 0.2) is 0 Å². The van der Waals surface area contributed by atoms with E-state index in [-0.39, 0.29) is 5.91 Å². The smallest absolute Gasteiger partial charge is 0.227 e. The third-order valence-electron chi connectivity index (χ3n) is 5.05. The second kappa shape index (κ2) is 4.76. The number of fused-ring (bicyclic) bond motifs is 4. The molecule has 21 heavy (non-hydrogen) atoms. The molecule has 108 valence electrons. The summed E-state index contributed by atoms with van der Waals surface area (Å²) in [7, 11) is 0. The first-order chi connectivity index (χ1) is 10.3. The molecule has 2 aromatic rings. The Labute approximate surface area is 124 Å². The Balaban J connectivity index is 1.88. The van der Waals surface area contributed by atoms with Crippen molar-refractivity contribution in [2.45, 2.75) is 26.2 Å². The van der Waals surface area contributed by atoms with Crippen molar-refractivity contribution < 1.29 is 4.79 Å². The molecule has 4 heterocycles. The van der Waals surface area contributed by atoms with E-state index >= 15 is 0 Å². The number of piperidine rings is 1.